The maximum atomic E-state index is 10.6. The van der Waals surface area contributed by atoms with Gasteiger partial charge in [0.05, 0.1) is 13.2 Å². The Kier molecular flexibility index (Phi) is 8.25. The Bertz CT molecular complexity index is 574. The zero-order chi connectivity index (χ0) is 17.7. The molecule has 0 amide bonds. The van der Waals surface area contributed by atoms with Crippen LogP contribution in [0.2, 0.25) is 0 Å². The minimum Gasteiger partial charge on any atom is -0.494 e. The molecule has 0 saturated carbocycles. The molecule has 0 aliphatic carbocycles. The molecule has 0 radical (unpaired) electrons. The van der Waals surface area contributed by atoms with Gasteiger partial charge in [-0.3, -0.25) is 9.59 Å². The number of carbonyl (C=O) groups excluding carboxylic acids is 2. The molecule has 0 saturated heterocycles. The fourth-order valence-electron chi connectivity index (χ4n) is 2.40. The summed E-state index contributed by atoms with van der Waals surface area (Å²) in [6.45, 7) is 1.39. The first-order chi connectivity index (χ1) is 12.3. The predicted octanol–water partition coefficient (Wildman–Crippen LogP) is 4.72. The molecule has 0 spiro atoms. The molecule has 0 atom stereocenters. The third-order valence-electron chi connectivity index (χ3n) is 3.86. The molecule has 0 aromatic heterocycles. The Hall–Kier alpha value is -2.62. The van der Waals surface area contributed by atoms with Crippen molar-refractivity contribution >= 4 is 12.6 Å². The number of carbonyl (C=O) groups is 2. The van der Waals surface area contributed by atoms with E-state index in [1.54, 1.807) is 24.3 Å². The topological polar surface area (TPSA) is 52.6 Å². The number of unbranched alkanes of at least 4 members (excludes halogenated alkanes) is 4. The van der Waals surface area contributed by atoms with Crippen molar-refractivity contribution in [2.24, 2.45) is 0 Å². The van der Waals surface area contributed by atoms with E-state index in [1.165, 1.54) is 0 Å². The van der Waals surface area contributed by atoms with E-state index >= 15 is 0 Å². The summed E-state index contributed by atoms with van der Waals surface area (Å²) in [4.78, 5) is 21.1. The molecule has 4 nitrogen and oxygen atoms in total. The Morgan fingerprint density at radius 2 is 0.920 bits per heavy atom. The van der Waals surface area contributed by atoms with Crippen LogP contribution in [0.4, 0.5) is 0 Å². The molecule has 0 fully saturated rings. The second kappa shape index (κ2) is 11.0. The summed E-state index contributed by atoms with van der Waals surface area (Å²) in [6.07, 6.45) is 7.09. The number of hydrogen-bond acceptors (Lipinski definition) is 4. The van der Waals surface area contributed by atoms with Crippen LogP contribution in [-0.2, 0) is 0 Å². The van der Waals surface area contributed by atoms with E-state index in [1.807, 2.05) is 24.3 Å². The standard InChI is InChI=1S/C21H24O4/c22-16-18-6-10-20(11-7-18)24-14-4-2-1-3-5-15-25-21-12-8-19(17-23)9-13-21/h6-13,16-17H,1-5,14-15H2. The van der Waals surface area contributed by atoms with Gasteiger partial charge in [0.25, 0.3) is 0 Å². The largest absolute Gasteiger partial charge is 0.494 e. The van der Waals surface area contributed by atoms with Crippen molar-refractivity contribution < 1.29 is 19.1 Å². The summed E-state index contributed by atoms with van der Waals surface area (Å²) < 4.78 is 11.3. The van der Waals surface area contributed by atoms with Crippen LogP contribution in [-0.4, -0.2) is 25.8 Å². The highest BCUT2D eigenvalue weighted by Gasteiger charge is 1.97. The van der Waals surface area contributed by atoms with Crippen molar-refractivity contribution in [3.8, 4) is 11.5 Å². The normalized spacial score (nSPS) is 10.2. The van der Waals surface area contributed by atoms with Gasteiger partial charge >= 0.3 is 0 Å². The number of ether oxygens (including phenoxy) is 2. The summed E-state index contributed by atoms with van der Waals surface area (Å²) in [6, 6.07) is 14.3. The smallest absolute Gasteiger partial charge is 0.150 e. The Morgan fingerprint density at radius 1 is 0.560 bits per heavy atom. The average molecular weight is 340 g/mol. The highest BCUT2D eigenvalue weighted by molar-refractivity contribution is 5.75. The summed E-state index contributed by atoms with van der Waals surface area (Å²) >= 11 is 0. The molecule has 2 aromatic rings. The third-order valence-corrected chi connectivity index (χ3v) is 3.86. The van der Waals surface area contributed by atoms with E-state index in [0.717, 1.165) is 56.2 Å². The summed E-state index contributed by atoms with van der Waals surface area (Å²) in [5, 5.41) is 0. The van der Waals surface area contributed by atoms with Crippen LogP contribution in [0.15, 0.2) is 48.5 Å². The Labute approximate surface area is 148 Å². The highest BCUT2D eigenvalue weighted by Crippen LogP contribution is 2.13. The molecule has 2 aromatic carbocycles. The summed E-state index contributed by atoms with van der Waals surface area (Å²) in [5.41, 5.74) is 1.32. The van der Waals surface area contributed by atoms with Crippen molar-refractivity contribution in [2.45, 2.75) is 32.1 Å². The predicted molar refractivity (Wildman–Crippen MR) is 97.7 cm³/mol. The quantitative estimate of drug-likeness (QED) is 0.414. The molecule has 0 heterocycles. The molecule has 0 bridgehead atoms. The molecule has 0 unspecified atom stereocenters. The number of aldehydes is 2. The lowest BCUT2D eigenvalue weighted by molar-refractivity contribution is 0.111. The fourth-order valence-corrected chi connectivity index (χ4v) is 2.40. The minimum atomic E-state index is 0.661. The van der Waals surface area contributed by atoms with E-state index in [9.17, 15) is 9.59 Å². The first-order valence-corrected chi connectivity index (χ1v) is 8.68. The third kappa shape index (κ3) is 7.21. The van der Waals surface area contributed by atoms with Crippen LogP contribution in [0.25, 0.3) is 0 Å². The minimum absolute atomic E-state index is 0.661. The molecule has 0 N–H and O–H groups in total. The number of hydrogen-bond donors (Lipinski definition) is 0. The van der Waals surface area contributed by atoms with Gasteiger partial charge in [0.1, 0.15) is 24.1 Å². The van der Waals surface area contributed by atoms with Gasteiger partial charge in [-0.25, -0.2) is 0 Å². The molecular weight excluding hydrogens is 316 g/mol. The number of rotatable bonds is 12. The average Bonchev–Trinajstić information content (AvgIpc) is 2.67. The van der Waals surface area contributed by atoms with Crippen molar-refractivity contribution in [3.63, 3.8) is 0 Å². The van der Waals surface area contributed by atoms with E-state index in [0.29, 0.717) is 24.3 Å². The van der Waals surface area contributed by atoms with Gasteiger partial charge in [0, 0.05) is 11.1 Å². The molecule has 132 valence electrons. The van der Waals surface area contributed by atoms with E-state index in [-0.39, 0.29) is 0 Å². The van der Waals surface area contributed by atoms with Gasteiger partial charge < -0.3 is 9.47 Å². The van der Waals surface area contributed by atoms with Gasteiger partial charge in [0.2, 0.25) is 0 Å². The van der Waals surface area contributed by atoms with Gasteiger partial charge in [-0.1, -0.05) is 19.3 Å². The zero-order valence-corrected chi connectivity index (χ0v) is 14.4. The van der Waals surface area contributed by atoms with Crippen molar-refractivity contribution in [1.82, 2.24) is 0 Å². The van der Waals surface area contributed by atoms with Crippen molar-refractivity contribution in [1.29, 1.82) is 0 Å². The van der Waals surface area contributed by atoms with Gasteiger partial charge in [-0.2, -0.15) is 0 Å². The monoisotopic (exact) mass is 340 g/mol. The number of benzene rings is 2. The summed E-state index contributed by atoms with van der Waals surface area (Å²) in [7, 11) is 0. The Morgan fingerprint density at radius 3 is 1.28 bits per heavy atom. The van der Waals surface area contributed by atoms with E-state index < -0.39 is 0 Å². The molecule has 0 aliphatic heterocycles. The zero-order valence-electron chi connectivity index (χ0n) is 14.4. The van der Waals surface area contributed by atoms with E-state index in [4.69, 9.17) is 9.47 Å². The first-order valence-electron chi connectivity index (χ1n) is 8.68. The molecule has 2 rings (SSSR count). The molecule has 4 heteroatoms. The van der Waals surface area contributed by atoms with Crippen LogP contribution < -0.4 is 9.47 Å². The Balaban J connectivity index is 1.46. The van der Waals surface area contributed by atoms with Gasteiger partial charge in [-0.05, 0) is 61.4 Å². The second-order valence-corrected chi connectivity index (χ2v) is 5.84. The summed E-state index contributed by atoms with van der Waals surface area (Å²) in [5.74, 6) is 1.61. The highest BCUT2D eigenvalue weighted by atomic mass is 16.5. The lowest BCUT2D eigenvalue weighted by Gasteiger charge is -2.07. The van der Waals surface area contributed by atoms with Gasteiger partial charge in [0.15, 0.2) is 0 Å². The van der Waals surface area contributed by atoms with Crippen LogP contribution in [0.3, 0.4) is 0 Å². The lowest BCUT2D eigenvalue weighted by Crippen LogP contribution is -1.99. The molecule has 25 heavy (non-hydrogen) atoms. The van der Waals surface area contributed by atoms with Crippen molar-refractivity contribution in [2.75, 3.05) is 13.2 Å². The van der Waals surface area contributed by atoms with E-state index in [2.05, 4.69) is 0 Å². The van der Waals surface area contributed by atoms with Crippen molar-refractivity contribution in [3.05, 3.63) is 59.7 Å². The lowest BCUT2D eigenvalue weighted by atomic mass is 10.1. The maximum absolute atomic E-state index is 10.6. The molecular formula is C21H24O4. The fraction of sp³-hybridized carbons (Fsp3) is 0.333. The first kappa shape index (κ1) is 18.7. The second-order valence-electron chi connectivity index (χ2n) is 5.84. The van der Waals surface area contributed by atoms with Crippen LogP contribution in [0.1, 0.15) is 52.8 Å². The SMILES string of the molecule is O=Cc1ccc(OCCCCCCCOc2ccc(C=O)cc2)cc1. The van der Waals surface area contributed by atoms with Crippen LogP contribution in [0, 0.1) is 0 Å². The van der Waals surface area contributed by atoms with Crippen LogP contribution >= 0.6 is 0 Å². The van der Waals surface area contributed by atoms with Gasteiger partial charge in [-0.15, -0.1) is 0 Å². The maximum Gasteiger partial charge on any atom is 0.150 e. The molecule has 0 aliphatic rings. The van der Waals surface area contributed by atoms with Crippen LogP contribution in [0.5, 0.6) is 11.5 Å².